The Balaban J connectivity index is 2.29. The van der Waals surface area contributed by atoms with Crippen LogP contribution < -0.4 is 10.6 Å². The molecule has 1 saturated carbocycles. The number of amides is 2. The van der Waals surface area contributed by atoms with E-state index in [0.29, 0.717) is 11.5 Å². The van der Waals surface area contributed by atoms with Crippen molar-refractivity contribution in [3.8, 4) is 0 Å². The van der Waals surface area contributed by atoms with Gasteiger partial charge < -0.3 is 10.6 Å². The van der Waals surface area contributed by atoms with Gasteiger partial charge in [-0.15, -0.1) is 0 Å². The van der Waals surface area contributed by atoms with E-state index < -0.39 is 0 Å². The maximum absolute atomic E-state index is 11.4. The molecule has 1 aliphatic rings. The molecule has 2 amide bonds. The van der Waals surface area contributed by atoms with Gasteiger partial charge in [-0.05, 0) is 38.5 Å². The number of carbonyl (C=O) groups excluding carboxylic acids is 1. The van der Waals surface area contributed by atoms with Gasteiger partial charge in [0.1, 0.15) is 0 Å². The van der Waals surface area contributed by atoms with Crippen LogP contribution in [-0.2, 0) is 0 Å². The summed E-state index contributed by atoms with van der Waals surface area (Å²) in [6.45, 7) is 8.46. The number of rotatable bonds is 2. The number of hydrogen-bond donors (Lipinski definition) is 2. The van der Waals surface area contributed by atoms with E-state index in [1.54, 1.807) is 0 Å². The van der Waals surface area contributed by atoms with Crippen LogP contribution in [0.3, 0.4) is 0 Å². The van der Waals surface area contributed by atoms with Crippen molar-refractivity contribution in [3.05, 3.63) is 0 Å². The van der Waals surface area contributed by atoms with Crippen molar-refractivity contribution in [3.63, 3.8) is 0 Å². The molecule has 3 heteroatoms. The van der Waals surface area contributed by atoms with Gasteiger partial charge in [0.15, 0.2) is 0 Å². The monoisotopic (exact) mass is 198 g/mol. The lowest BCUT2D eigenvalue weighted by atomic mass is 9.92. The van der Waals surface area contributed by atoms with Crippen molar-refractivity contribution in [1.82, 2.24) is 10.6 Å². The average molecular weight is 198 g/mol. The normalized spacial score (nSPS) is 25.1. The summed E-state index contributed by atoms with van der Waals surface area (Å²) in [7, 11) is 0. The molecule has 1 atom stereocenters. The van der Waals surface area contributed by atoms with Crippen LogP contribution in [0.1, 0.15) is 47.0 Å². The molecule has 82 valence electrons. The molecule has 14 heavy (non-hydrogen) atoms. The molecule has 0 saturated heterocycles. The zero-order valence-electron chi connectivity index (χ0n) is 9.68. The van der Waals surface area contributed by atoms with Crippen LogP contribution in [-0.4, -0.2) is 18.1 Å². The van der Waals surface area contributed by atoms with E-state index in [-0.39, 0.29) is 12.1 Å². The fraction of sp³-hybridized carbons (Fsp3) is 0.909. The first-order valence-electron chi connectivity index (χ1n) is 5.46. The summed E-state index contributed by atoms with van der Waals surface area (Å²) < 4.78 is 0. The minimum Gasteiger partial charge on any atom is -0.336 e. The van der Waals surface area contributed by atoms with Gasteiger partial charge >= 0.3 is 6.03 Å². The summed E-state index contributed by atoms with van der Waals surface area (Å²) in [5.74, 6) is 0. The fourth-order valence-corrected chi connectivity index (χ4v) is 2.05. The maximum Gasteiger partial charge on any atom is 0.315 e. The van der Waals surface area contributed by atoms with Crippen molar-refractivity contribution < 1.29 is 4.79 Å². The Morgan fingerprint density at radius 3 is 2.50 bits per heavy atom. The van der Waals surface area contributed by atoms with Gasteiger partial charge in [-0.25, -0.2) is 4.79 Å². The quantitative estimate of drug-likeness (QED) is 0.702. The van der Waals surface area contributed by atoms with Crippen molar-refractivity contribution in [2.75, 3.05) is 0 Å². The summed E-state index contributed by atoms with van der Waals surface area (Å²) in [5.41, 5.74) is 0.399. The van der Waals surface area contributed by atoms with Crippen LogP contribution in [0.2, 0.25) is 0 Å². The van der Waals surface area contributed by atoms with Crippen LogP contribution in [0.25, 0.3) is 0 Å². The average Bonchev–Trinajstić information content (AvgIpc) is 2.27. The van der Waals surface area contributed by atoms with Crippen molar-refractivity contribution in [2.45, 2.75) is 59.0 Å². The van der Waals surface area contributed by atoms with Crippen molar-refractivity contribution in [2.24, 2.45) is 5.41 Å². The Bertz CT molecular complexity index is 211. The van der Waals surface area contributed by atoms with E-state index in [0.717, 1.165) is 12.8 Å². The SMILES string of the molecule is CC(C)NC(=O)NC1CCC(C)(C)C1. The van der Waals surface area contributed by atoms with E-state index in [1.165, 1.54) is 6.42 Å². The van der Waals surface area contributed by atoms with E-state index in [4.69, 9.17) is 0 Å². The summed E-state index contributed by atoms with van der Waals surface area (Å²) in [4.78, 5) is 11.4. The molecule has 1 unspecified atom stereocenters. The highest BCUT2D eigenvalue weighted by molar-refractivity contribution is 5.74. The molecule has 0 aromatic carbocycles. The molecule has 0 spiro atoms. The molecule has 3 nitrogen and oxygen atoms in total. The second-order valence-corrected chi connectivity index (χ2v) is 5.38. The third-order valence-corrected chi connectivity index (χ3v) is 2.72. The Labute approximate surface area is 86.6 Å². The Hall–Kier alpha value is -0.730. The predicted octanol–water partition coefficient (Wildman–Crippen LogP) is 2.27. The molecular weight excluding hydrogens is 176 g/mol. The molecule has 1 fully saturated rings. The largest absolute Gasteiger partial charge is 0.336 e. The molecular formula is C11H22N2O. The van der Waals surface area contributed by atoms with Crippen LogP contribution in [0.4, 0.5) is 4.79 Å². The lowest BCUT2D eigenvalue weighted by molar-refractivity contribution is 0.233. The van der Waals surface area contributed by atoms with Crippen LogP contribution in [0, 0.1) is 5.41 Å². The maximum atomic E-state index is 11.4. The van der Waals surface area contributed by atoms with Gasteiger partial charge in [0, 0.05) is 12.1 Å². The second-order valence-electron chi connectivity index (χ2n) is 5.38. The minimum absolute atomic E-state index is 0.0253. The topological polar surface area (TPSA) is 41.1 Å². The molecule has 0 aliphatic heterocycles. The van der Waals surface area contributed by atoms with Gasteiger partial charge in [0.05, 0.1) is 0 Å². The van der Waals surface area contributed by atoms with Gasteiger partial charge in [0.25, 0.3) is 0 Å². The second kappa shape index (κ2) is 4.20. The van der Waals surface area contributed by atoms with Gasteiger partial charge in [-0.1, -0.05) is 13.8 Å². The lowest BCUT2D eigenvalue weighted by Gasteiger charge is -2.18. The molecule has 0 aromatic heterocycles. The van der Waals surface area contributed by atoms with Crippen molar-refractivity contribution >= 4 is 6.03 Å². The predicted molar refractivity (Wildman–Crippen MR) is 58.2 cm³/mol. The lowest BCUT2D eigenvalue weighted by Crippen LogP contribution is -2.43. The summed E-state index contributed by atoms with van der Waals surface area (Å²) in [6, 6.07) is 0.552. The molecule has 2 N–H and O–H groups in total. The molecule has 1 aliphatic carbocycles. The highest BCUT2D eigenvalue weighted by Crippen LogP contribution is 2.36. The minimum atomic E-state index is -0.0253. The summed E-state index contributed by atoms with van der Waals surface area (Å²) in [6.07, 6.45) is 3.41. The molecule has 0 radical (unpaired) electrons. The summed E-state index contributed by atoms with van der Waals surface area (Å²) in [5, 5.41) is 5.86. The number of urea groups is 1. The number of hydrogen-bond acceptors (Lipinski definition) is 1. The van der Waals surface area contributed by atoms with E-state index in [9.17, 15) is 4.79 Å². The molecule has 1 rings (SSSR count). The van der Waals surface area contributed by atoms with Crippen LogP contribution in [0.15, 0.2) is 0 Å². The first-order chi connectivity index (χ1) is 6.39. The Kier molecular flexibility index (Phi) is 3.40. The number of nitrogens with one attached hydrogen (secondary N) is 2. The smallest absolute Gasteiger partial charge is 0.315 e. The van der Waals surface area contributed by atoms with Crippen molar-refractivity contribution in [1.29, 1.82) is 0 Å². The fourth-order valence-electron chi connectivity index (χ4n) is 2.05. The Morgan fingerprint density at radius 1 is 1.43 bits per heavy atom. The van der Waals surface area contributed by atoms with E-state index in [2.05, 4.69) is 24.5 Å². The highest BCUT2D eigenvalue weighted by atomic mass is 16.2. The first-order valence-corrected chi connectivity index (χ1v) is 5.46. The van der Waals surface area contributed by atoms with Crippen LogP contribution >= 0.6 is 0 Å². The van der Waals surface area contributed by atoms with E-state index in [1.807, 2.05) is 13.8 Å². The zero-order valence-corrected chi connectivity index (χ0v) is 9.68. The van der Waals surface area contributed by atoms with Gasteiger partial charge in [0.2, 0.25) is 0 Å². The Morgan fingerprint density at radius 2 is 2.07 bits per heavy atom. The summed E-state index contributed by atoms with van der Waals surface area (Å²) >= 11 is 0. The van der Waals surface area contributed by atoms with E-state index >= 15 is 0 Å². The third kappa shape index (κ3) is 3.56. The molecule has 0 bridgehead atoms. The van der Waals surface area contributed by atoms with Crippen LogP contribution in [0.5, 0.6) is 0 Å². The van der Waals surface area contributed by atoms with Gasteiger partial charge in [-0.3, -0.25) is 0 Å². The first kappa shape index (κ1) is 11.3. The molecule has 0 heterocycles. The number of carbonyl (C=O) groups is 1. The molecule has 0 aromatic rings. The zero-order chi connectivity index (χ0) is 10.8. The third-order valence-electron chi connectivity index (χ3n) is 2.72. The van der Waals surface area contributed by atoms with Gasteiger partial charge in [-0.2, -0.15) is 0 Å². The highest BCUT2D eigenvalue weighted by Gasteiger charge is 2.31. The standard InChI is InChI=1S/C11H22N2O/c1-8(2)12-10(14)13-9-5-6-11(3,4)7-9/h8-9H,5-7H2,1-4H3,(H2,12,13,14).